The van der Waals surface area contributed by atoms with Crippen LogP contribution in [0.25, 0.3) is 0 Å². The molecule has 2 N–H and O–H groups in total. The number of hydrogen-bond acceptors (Lipinski definition) is 5. The summed E-state index contributed by atoms with van der Waals surface area (Å²) in [5, 5.41) is 5.70. The number of pyridine rings is 2. The van der Waals surface area contributed by atoms with Crippen molar-refractivity contribution in [1.82, 2.24) is 9.97 Å². The molecule has 2 heterocycles. The van der Waals surface area contributed by atoms with Crippen LogP contribution in [0.1, 0.15) is 37.7 Å². The molecule has 0 aliphatic heterocycles. The molecule has 0 unspecified atom stereocenters. The molecule has 0 bridgehead atoms. The average Bonchev–Trinajstić information content (AvgIpc) is 2.95. The Hall–Kier alpha value is -5.30. The molecule has 3 aromatic carbocycles. The van der Waals surface area contributed by atoms with Crippen molar-refractivity contribution < 1.29 is 9.59 Å². The van der Waals surface area contributed by atoms with Gasteiger partial charge >= 0.3 is 0 Å². The zero-order valence-corrected chi connectivity index (χ0v) is 22.6. The molecular formula is C33H29N5O2. The summed E-state index contributed by atoms with van der Waals surface area (Å²) in [5.74, 6) is 0.560. The zero-order chi connectivity index (χ0) is 28.1. The maximum absolute atomic E-state index is 12.8. The van der Waals surface area contributed by atoms with Crippen molar-refractivity contribution in [1.29, 1.82) is 0 Å². The smallest absolute Gasteiger partial charge is 0.256 e. The largest absolute Gasteiger partial charge is 0.311 e. The second-order valence-corrected chi connectivity index (χ2v) is 9.50. The molecule has 0 fully saturated rings. The first-order valence-corrected chi connectivity index (χ1v) is 12.9. The fourth-order valence-electron chi connectivity index (χ4n) is 4.27. The van der Waals surface area contributed by atoms with Crippen LogP contribution in [0.15, 0.2) is 109 Å². The molecule has 0 aliphatic rings. The standard InChI is InChI=1S/C33H29N5O2/c1-22-10-16-27(17-11-22)38(28-18-12-25(13-19-28)32(39)36-30-8-4-6-23(2)34-30)29-20-14-26(15-21-29)33(40)37-31-9-5-7-24(3)35-31/h4-21H,1-3H3,(H,34,36,39)(H,35,37,40). The number of amides is 2. The lowest BCUT2D eigenvalue weighted by Gasteiger charge is -2.26. The summed E-state index contributed by atoms with van der Waals surface area (Å²) < 4.78 is 0. The lowest BCUT2D eigenvalue weighted by molar-refractivity contribution is 0.101. The van der Waals surface area contributed by atoms with E-state index < -0.39 is 0 Å². The van der Waals surface area contributed by atoms with Crippen LogP contribution in [0.2, 0.25) is 0 Å². The number of carbonyl (C=O) groups excluding carboxylic acids is 2. The molecule has 2 amide bonds. The minimum atomic E-state index is -0.231. The van der Waals surface area contributed by atoms with Crippen LogP contribution in [-0.2, 0) is 0 Å². The molecule has 5 rings (SSSR count). The molecule has 0 saturated heterocycles. The Labute approximate surface area is 233 Å². The number of hydrogen-bond donors (Lipinski definition) is 2. The summed E-state index contributed by atoms with van der Waals surface area (Å²) in [6, 6.07) is 34.0. The van der Waals surface area contributed by atoms with E-state index in [1.807, 2.05) is 81.4 Å². The number of anilines is 5. The number of rotatable bonds is 7. The maximum Gasteiger partial charge on any atom is 0.256 e. The number of aryl methyl sites for hydroxylation is 3. The Morgan fingerprint density at radius 2 is 0.900 bits per heavy atom. The fourth-order valence-corrected chi connectivity index (χ4v) is 4.27. The molecule has 5 aromatic rings. The van der Waals surface area contributed by atoms with Crippen molar-refractivity contribution in [3.05, 3.63) is 137 Å². The minimum Gasteiger partial charge on any atom is -0.311 e. The number of nitrogens with one attached hydrogen (secondary N) is 2. The first-order valence-electron chi connectivity index (χ1n) is 12.9. The summed E-state index contributed by atoms with van der Waals surface area (Å²) >= 11 is 0. The van der Waals surface area contributed by atoms with Crippen molar-refractivity contribution in [3.63, 3.8) is 0 Å². The van der Waals surface area contributed by atoms with Crippen molar-refractivity contribution in [3.8, 4) is 0 Å². The van der Waals surface area contributed by atoms with Crippen LogP contribution >= 0.6 is 0 Å². The first kappa shape index (κ1) is 26.3. The van der Waals surface area contributed by atoms with Crippen LogP contribution in [0, 0.1) is 20.8 Å². The first-order chi connectivity index (χ1) is 19.4. The zero-order valence-electron chi connectivity index (χ0n) is 22.6. The van der Waals surface area contributed by atoms with Gasteiger partial charge in [0, 0.05) is 39.6 Å². The maximum atomic E-state index is 12.8. The van der Waals surface area contributed by atoms with Crippen LogP contribution < -0.4 is 15.5 Å². The fraction of sp³-hybridized carbons (Fsp3) is 0.0909. The van der Waals surface area contributed by atoms with Gasteiger partial charge in [-0.05, 0) is 106 Å². The van der Waals surface area contributed by atoms with E-state index in [-0.39, 0.29) is 11.8 Å². The van der Waals surface area contributed by atoms with E-state index >= 15 is 0 Å². The van der Waals surface area contributed by atoms with Gasteiger partial charge in [-0.25, -0.2) is 9.97 Å². The van der Waals surface area contributed by atoms with E-state index in [1.54, 1.807) is 36.4 Å². The molecular weight excluding hydrogens is 498 g/mol. The van der Waals surface area contributed by atoms with Gasteiger partial charge in [0.1, 0.15) is 11.6 Å². The Morgan fingerprint density at radius 1 is 0.525 bits per heavy atom. The normalized spacial score (nSPS) is 10.6. The Bertz CT molecular complexity index is 1540. The summed E-state index contributed by atoms with van der Waals surface area (Å²) in [5.41, 5.74) is 6.55. The highest BCUT2D eigenvalue weighted by atomic mass is 16.2. The average molecular weight is 528 g/mol. The monoisotopic (exact) mass is 527 g/mol. The molecule has 0 radical (unpaired) electrons. The Balaban J connectivity index is 1.40. The van der Waals surface area contributed by atoms with Crippen LogP contribution in [-0.4, -0.2) is 21.8 Å². The molecule has 0 aliphatic carbocycles. The van der Waals surface area contributed by atoms with Gasteiger partial charge in [0.15, 0.2) is 0 Å². The van der Waals surface area contributed by atoms with Crippen molar-refractivity contribution in [2.24, 2.45) is 0 Å². The van der Waals surface area contributed by atoms with Gasteiger partial charge in [-0.1, -0.05) is 29.8 Å². The van der Waals surface area contributed by atoms with Crippen LogP contribution in [0.5, 0.6) is 0 Å². The molecule has 0 saturated carbocycles. The molecule has 0 spiro atoms. The SMILES string of the molecule is Cc1ccc(N(c2ccc(C(=O)Nc3cccc(C)n3)cc2)c2ccc(C(=O)Nc3cccc(C)n3)cc2)cc1. The van der Waals surface area contributed by atoms with Crippen molar-refractivity contribution >= 4 is 40.5 Å². The van der Waals surface area contributed by atoms with Crippen LogP contribution in [0.3, 0.4) is 0 Å². The molecule has 7 nitrogen and oxygen atoms in total. The van der Waals surface area contributed by atoms with Crippen LogP contribution in [0.4, 0.5) is 28.7 Å². The van der Waals surface area contributed by atoms with E-state index in [0.717, 1.165) is 34.0 Å². The highest BCUT2D eigenvalue weighted by molar-refractivity contribution is 6.05. The van der Waals surface area contributed by atoms with Gasteiger partial charge in [0.2, 0.25) is 0 Å². The van der Waals surface area contributed by atoms with E-state index in [9.17, 15) is 9.59 Å². The second kappa shape index (κ2) is 11.6. The highest BCUT2D eigenvalue weighted by Gasteiger charge is 2.15. The third-order valence-electron chi connectivity index (χ3n) is 6.33. The summed E-state index contributed by atoms with van der Waals surface area (Å²) in [4.78, 5) is 36.4. The number of nitrogens with zero attached hydrogens (tertiary/aromatic N) is 3. The van der Waals surface area contributed by atoms with Gasteiger partial charge < -0.3 is 15.5 Å². The van der Waals surface area contributed by atoms with Crippen molar-refractivity contribution in [2.75, 3.05) is 15.5 Å². The number of benzene rings is 3. The highest BCUT2D eigenvalue weighted by Crippen LogP contribution is 2.35. The number of aromatic nitrogens is 2. The van der Waals surface area contributed by atoms with E-state index in [4.69, 9.17) is 0 Å². The van der Waals surface area contributed by atoms with Gasteiger partial charge in [0.25, 0.3) is 11.8 Å². The van der Waals surface area contributed by atoms with Gasteiger partial charge in [-0.2, -0.15) is 0 Å². The second-order valence-electron chi connectivity index (χ2n) is 9.50. The Kier molecular flexibility index (Phi) is 7.64. The third-order valence-corrected chi connectivity index (χ3v) is 6.33. The lowest BCUT2D eigenvalue weighted by atomic mass is 10.1. The Morgan fingerprint density at radius 3 is 1.27 bits per heavy atom. The minimum absolute atomic E-state index is 0.231. The lowest BCUT2D eigenvalue weighted by Crippen LogP contribution is -2.15. The predicted octanol–water partition coefficient (Wildman–Crippen LogP) is 7.38. The van der Waals surface area contributed by atoms with E-state index in [1.165, 1.54) is 0 Å². The third kappa shape index (κ3) is 6.22. The number of carbonyl (C=O) groups is 2. The molecule has 198 valence electrons. The van der Waals surface area contributed by atoms with E-state index in [0.29, 0.717) is 22.8 Å². The van der Waals surface area contributed by atoms with Gasteiger partial charge in [-0.15, -0.1) is 0 Å². The summed E-state index contributed by atoms with van der Waals surface area (Å²) in [7, 11) is 0. The molecule has 40 heavy (non-hydrogen) atoms. The summed E-state index contributed by atoms with van der Waals surface area (Å²) in [6.45, 7) is 5.80. The topological polar surface area (TPSA) is 87.2 Å². The van der Waals surface area contributed by atoms with Gasteiger partial charge in [0.05, 0.1) is 0 Å². The quantitative estimate of drug-likeness (QED) is 0.231. The van der Waals surface area contributed by atoms with Crippen molar-refractivity contribution in [2.45, 2.75) is 20.8 Å². The van der Waals surface area contributed by atoms with Gasteiger partial charge in [-0.3, -0.25) is 9.59 Å². The van der Waals surface area contributed by atoms with E-state index in [2.05, 4.69) is 37.6 Å². The predicted molar refractivity (Wildman–Crippen MR) is 160 cm³/mol. The molecule has 2 aromatic heterocycles. The molecule has 7 heteroatoms. The molecule has 0 atom stereocenters. The summed E-state index contributed by atoms with van der Waals surface area (Å²) in [6.07, 6.45) is 0.